The number of hydrogen-bond acceptors (Lipinski definition) is 3. The van der Waals surface area contributed by atoms with Crippen molar-refractivity contribution in [1.29, 1.82) is 0 Å². The van der Waals surface area contributed by atoms with Crippen molar-refractivity contribution < 1.29 is 19.4 Å². The molecule has 0 bridgehead atoms. The van der Waals surface area contributed by atoms with Crippen molar-refractivity contribution in [2.24, 2.45) is 0 Å². The lowest BCUT2D eigenvalue weighted by Gasteiger charge is -2.26. The molecular formula is C13H22N2O4. The molecule has 2 rings (SSSR count). The van der Waals surface area contributed by atoms with Gasteiger partial charge in [0.1, 0.15) is 0 Å². The number of amides is 2. The van der Waals surface area contributed by atoms with E-state index >= 15 is 0 Å². The van der Waals surface area contributed by atoms with Crippen molar-refractivity contribution >= 4 is 12.0 Å². The fourth-order valence-electron chi connectivity index (χ4n) is 2.67. The van der Waals surface area contributed by atoms with Crippen LogP contribution in [0.2, 0.25) is 0 Å². The molecule has 108 valence electrons. The molecule has 2 atom stereocenters. The first-order chi connectivity index (χ1) is 9.11. The Kier molecular flexibility index (Phi) is 4.63. The van der Waals surface area contributed by atoms with E-state index in [0.29, 0.717) is 0 Å². The molecule has 0 aromatic rings. The van der Waals surface area contributed by atoms with Gasteiger partial charge in [0.2, 0.25) is 0 Å². The highest BCUT2D eigenvalue weighted by Gasteiger charge is 2.35. The van der Waals surface area contributed by atoms with Crippen LogP contribution in [0.3, 0.4) is 0 Å². The van der Waals surface area contributed by atoms with Gasteiger partial charge in [0.05, 0.1) is 18.6 Å². The van der Waals surface area contributed by atoms with E-state index in [1.54, 1.807) is 12.0 Å². The maximum absolute atomic E-state index is 12.2. The number of nitrogens with zero attached hydrogens (tertiary/aromatic N) is 1. The number of aliphatic carboxylic acids is 1. The molecule has 0 aliphatic heterocycles. The lowest BCUT2D eigenvalue weighted by atomic mass is 10.2. The van der Waals surface area contributed by atoms with Gasteiger partial charge in [-0.15, -0.1) is 0 Å². The van der Waals surface area contributed by atoms with Crippen LogP contribution in [0.25, 0.3) is 0 Å². The van der Waals surface area contributed by atoms with Crippen LogP contribution in [0, 0.1) is 0 Å². The molecule has 0 radical (unpaired) electrons. The monoisotopic (exact) mass is 270 g/mol. The molecule has 0 aromatic carbocycles. The first-order valence-electron chi connectivity index (χ1n) is 6.93. The van der Waals surface area contributed by atoms with E-state index in [4.69, 9.17) is 9.84 Å². The number of hydrogen-bond donors (Lipinski definition) is 2. The Morgan fingerprint density at radius 1 is 1.32 bits per heavy atom. The van der Waals surface area contributed by atoms with Gasteiger partial charge in [-0.05, 0) is 32.1 Å². The van der Waals surface area contributed by atoms with Gasteiger partial charge in [-0.2, -0.15) is 0 Å². The lowest BCUT2D eigenvalue weighted by molar-refractivity contribution is -0.137. The minimum absolute atomic E-state index is 0.00227. The second-order valence-electron chi connectivity index (χ2n) is 5.33. The fraction of sp³-hybridized carbons (Fsp3) is 0.846. The molecule has 2 amide bonds. The molecule has 2 fully saturated rings. The number of carboxylic acid groups (broad SMARTS) is 1. The average molecular weight is 270 g/mol. The standard InChI is InChI=1S/C13H22N2O4/c1-19-11-4-2-3-10(11)14-13(18)15(9-5-6-9)8-7-12(16)17/h9-11H,2-8H2,1H3,(H,14,18)(H,16,17). The van der Waals surface area contributed by atoms with Crippen LogP contribution >= 0.6 is 0 Å². The molecule has 2 unspecified atom stereocenters. The van der Waals surface area contributed by atoms with Crippen molar-refractivity contribution in [1.82, 2.24) is 10.2 Å². The third-order valence-electron chi connectivity index (χ3n) is 3.88. The smallest absolute Gasteiger partial charge is 0.317 e. The van der Waals surface area contributed by atoms with Crippen molar-refractivity contribution in [2.75, 3.05) is 13.7 Å². The quantitative estimate of drug-likeness (QED) is 0.760. The second-order valence-corrected chi connectivity index (χ2v) is 5.33. The molecular weight excluding hydrogens is 248 g/mol. The Labute approximate surface area is 113 Å². The van der Waals surface area contributed by atoms with Crippen LogP contribution in [-0.4, -0.2) is 53.8 Å². The molecule has 2 N–H and O–H groups in total. The predicted molar refractivity (Wildman–Crippen MR) is 68.9 cm³/mol. The average Bonchev–Trinajstić information content (AvgIpc) is 3.09. The zero-order valence-corrected chi connectivity index (χ0v) is 11.3. The Bertz CT molecular complexity index is 344. The van der Waals surface area contributed by atoms with Crippen LogP contribution < -0.4 is 5.32 Å². The van der Waals surface area contributed by atoms with E-state index in [1.165, 1.54) is 0 Å². The lowest BCUT2D eigenvalue weighted by Crippen LogP contribution is -2.49. The Morgan fingerprint density at radius 3 is 2.63 bits per heavy atom. The van der Waals surface area contributed by atoms with E-state index in [2.05, 4.69) is 5.32 Å². The van der Waals surface area contributed by atoms with E-state index in [0.717, 1.165) is 32.1 Å². The van der Waals surface area contributed by atoms with Crippen LogP contribution in [0.15, 0.2) is 0 Å². The summed E-state index contributed by atoms with van der Waals surface area (Å²) < 4.78 is 5.35. The van der Waals surface area contributed by atoms with Crippen LogP contribution in [0.4, 0.5) is 4.79 Å². The van der Waals surface area contributed by atoms with Crippen LogP contribution in [0.1, 0.15) is 38.5 Å². The second kappa shape index (κ2) is 6.23. The number of carbonyl (C=O) groups excluding carboxylic acids is 1. The highest BCUT2D eigenvalue weighted by molar-refractivity contribution is 5.76. The number of urea groups is 1. The number of ether oxygens (including phenoxy) is 1. The van der Waals surface area contributed by atoms with Crippen molar-refractivity contribution in [2.45, 2.75) is 56.7 Å². The zero-order valence-electron chi connectivity index (χ0n) is 11.3. The van der Waals surface area contributed by atoms with E-state index < -0.39 is 5.97 Å². The Morgan fingerprint density at radius 2 is 2.05 bits per heavy atom. The minimum atomic E-state index is -0.867. The molecule has 0 saturated heterocycles. The van der Waals surface area contributed by atoms with Gasteiger partial charge < -0.3 is 20.1 Å². The van der Waals surface area contributed by atoms with Gasteiger partial charge in [-0.1, -0.05) is 0 Å². The summed E-state index contributed by atoms with van der Waals surface area (Å²) in [5, 5.41) is 11.7. The fourth-order valence-corrected chi connectivity index (χ4v) is 2.67. The third kappa shape index (κ3) is 3.83. The highest BCUT2D eigenvalue weighted by atomic mass is 16.5. The van der Waals surface area contributed by atoms with Gasteiger partial charge in [0.25, 0.3) is 0 Å². The van der Waals surface area contributed by atoms with E-state index in [9.17, 15) is 9.59 Å². The van der Waals surface area contributed by atoms with E-state index in [-0.39, 0.29) is 37.2 Å². The molecule has 2 aliphatic carbocycles. The summed E-state index contributed by atoms with van der Waals surface area (Å²) in [5.74, 6) is -0.867. The normalized spacial score (nSPS) is 26.2. The van der Waals surface area contributed by atoms with Gasteiger partial charge in [0.15, 0.2) is 0 Å². The Balaban J connectivity index is 1.86. The van der Waals surface area contributed by atoms with Gasteiger partial charge >= 0.3 is 12.0 Å². The molecule has 0 spiro atoms. The van der Waals surface area contributed by atoms with Gasteiger partial charge in [-0.3, -0.25) is 4.79 Å². The van der Waals surface area contributed by atoms with Gasteiger partial charge in [-0.25, -0.2) is 4.79 Å². The predicted octanol–water partition coefficient (Wildman–Crippen LogP) is 1.20. The van der Waals surface area contributed by atoms with E-state index in [1.807, 2.05) is 0 Å². The summed E-state index contributed by atoms with van der Waals surface area (Å²) >= 11 is 0. The molecule has 0 aromatic heterocycles. The number of methoxy groups -OCH3 is 1. The summed E-state index contributed by atoms with van der Waals surface area (Å²) in [7, 11) is 1.66. The van der Waals surface area contributed by atoms with Crippen molar-refractivity contribution in [3.05, 3.63) is 0 Å². The summed E-state index contributed by atoms with van der Waals surface area (Å²) in [5.41, 5.74) is 0. The van der Waals surface area contributed by atoms with Gasteiger partial charge in [0, 0.05) is 19.7 Å². The molecule has 2 saturated carbocycles. The highest BCUT2D eigenvalue weighted by Crippen LogP contribution is 2.28. The largest absolute Gasteiger partial charge is 0.481 e. The summed E-state index contributed by atoms with van der Waals surface area (Å²) in [6.07, 6.45) is 5.01. The molecule has 6 nitrogen and oxygen atoms in total. The number of rotatable bonds is 6. The summed E-state index contributed by atoms with van der Waals surface area (Å²) in [6.45, 7) is 0.288. The molecule has 2 aliphatic rings. The van der Waals surface area contributed by atoms with Crippen molar-refractivity contribution in [3.8, 4) is 0 Å². The number of nitrogens with one attached hydrogen (secondary N) is 1. The van der Waals surface area contributed by atoms with Crippen LogP contribution in [-0.2, 0) is 9.53 Å². The SMILES string of the molecule is COC1CCCC1NC(=O)N(CCC(=O)O)C1CC1. The zero-order chi connectivity index (χ0) is 13.8. The third-order valence-corrected chi connectivity index (χ3v) is 3.88. The number of carboxylic acids is 1. The molecule has 0 heterocycles. The minimum Gasteiger partial charge on any atom is -0.481 e. The Hall–Kier alpha value is -1.30. The first kappa shape index (κ1) is 14.1. The molecule has 19 heavy (non-hydrogen) atoms. The maximum Gasteiger partial charge on any atom is 0.317 e. The summed E-state index contributed by atoms with van der Waals surface area (Å²) in [4.78, 5) is 24.5. The maximum atomic E-state index is 12.2. The number of carbonyl (C=O) groups is 2. The first-order valence-corrected chi connectivity index (χ1v) is 6.93. The van der Waals surface area contributed by atoms with Crippen LogP contribution in [0.5, 0.6) is 0 Å². The summed E-state index contributed by atoms with van der Waals surface area (Å²) in [6, 6.07) is 0.142. The topological polar surface area (TPSA) is 78.9 Å². The van der Waals surface area contributed by atoms with Crippen molar-refractivity contribution in [3.63, 3.8) is 0 Å². The molecule has 6 heteroatoms.